The monoisotopic (exact) mass is 278 g/mol. The van der Waals surface area contributed by atoms with Gasteiger partial charge in [0, 0.05) is 22.4 Å². The van der Waals surface area contributed by atoms with Crippen molar-refractivity contribution in [1.82, 2.24) is 4.57 Å². The molecule has 3 heteroatoms. The number of nitrogens with two attached hydrogens (primary N) is 1. The summed E-state index contributed by atoms with van der Waals surface area (Å²) < 4.78 is 3.41. The number of fused-ring (bicyclic) bond motifs is 1. The third-order valence-corrected chi connectivity index (χ3v) is 4.57. The molecule has 1 aromatic carbocycles. The van der Waals surface area contributed by atoms with E-state index in [4.69, 9.17) is 5.73 Å². The van der Waals surface area contributed by atoms with Crippen molar-refractivity contribution in [3.8, 4) is 0 Å². The summed E-state index contributed by atoms with van der Waals surface area (Å²) >= 11 is 3.71. The number of hydrogen-bond donors (Lipinski definition) is 1. The minimum Gasteiger partial charge on any atom is -0.345 e. The first kappa shape index (κ1) is 10.4. The van der Waals surface area contributed by atoms with Gasteiger partial charge in [-0.3, -0.25) is 0 Å². The van der Waals surface area contributed by atoms with Crippen molar-refractivity contribution in [1.29, 1.82) is 0 Å². The van der Waals surface area contributed by atoms with Crippen LogP contribution in [0, 0.1) is 0 Å². The lowest BCUT2D eigenvalue weighted by Crippen LogP contribution is -2.45. The van der Waals surface area contributed by atoms with Crippen molar-refractivity contribution < 1.29 is 0 Å². The summed E-state index contributed by atoms with van der Waals surface area (Å²) in [7, 11) is 2.11. The number of rotatable bonds is 1. The van der Waals surface area contributed by atoms with E-state index in [1.165, 1.54) is 27.5 Å². The number of nitrogens with zero attached hydrogens (tertiary/aromatic N) is 1. The molecule has 2 N–H and O–H groups in total. The molecule has 0 atom stereocenters. The SMILES string of the molecule is Cn1c(C2(N)CCC2)c(Br)c2ccccc21. The molecule has 1 saturated carbocycles. The second-order valence-corrected chi connectivity index (χ2v) is 5.54. The molecule has 0 spiro atoms. The summed E-state index contributed by atoms with van der Waals surface area (Å²) in [5.74, 6) is 0. The van der Waals surface area contributed by atoms with Gasteiger partial charge in [0.1, 0.15) is 0 Å². The van der Waals surface area contributed by atoms with E-state index >= 15 is 0 Å². The summed E-state index contributed by atoms with van der Waals surface area (Å²) in [5.41, 5.74) is 8.82. The highest BCUT2D eigenvalue weighted by Crippen LogP contribution is 2.44. The Kier molecular flexibility index (Phi) is 2.17. The standard InChI is InChI=1S/C13H15BrN2/c1-16-10-6-3-2-5-9(10)11(14)12(16)13(15)7-4-8-13/h2-3,5-6H,4,7-8,15H2,1H3. The van der Waals surface area contributed by atoms with Crippen LogP contribution < -0.4 is 5.73 Å². The molecule has 2 nitrogen and oxygen atoms in total. The van der Waals surface area contributed by atoms with Gasteiger partial charge >= 0.3 is 0 Å². The van der Waals surface area contributed by atoms with Crippen molar-refractivity contribution in [3.05, 3.63) is 34.4 Å². The van der Waals surface area contributed by atoms with Crippen LogP contribution in [-0.2, 0) is 12.6 Å². The number of aromatic nitrogens is 1. The number of hydrogen-bond acceptors (Lipinski definition) is 1. The summed E-state index contributed by atoms with van der Waals surface area (Å²) in [6, 6.07) is 8.43. The Morgan fingerprint density at radius 1 is 1.31 bits per heavy atom. The molecule has 0 aliphatic heterocycles. The molecule has 84 valence electrons. The highest BCUT2D eigenvalue weighted by molar-refractivity contribution is 9.10. The van der Waals surface area contributed by atoms with E-state index in [0.717, 1.165) is 12.8 Å². The highest BCUT2D eigenvalue weighted by atomic mass is 79.9. The molecular weight excluding hydrogens is 264 g/mol. The quantitative estimate of drug-likeness (QED) is 0.853. The van der Waals surface area contributed by atoms with Gasteiger partial charge in [-0.25, -0.2) is 0 Å². The Hall–Kier alpha value is -0.800. The zero-order chi connectivity index (χ0) is 11.3. The Morgan fingerprint density at radius 3 is 2.56 bits per heavy atom. The van der Waals surface area contributed by atoms with Crippen LogP contribution in [0.5, 0.6) is 0 Å². The fourth-order valence-electron chi connectivity index (χ4n) is 2.69. The van der Waals surface area contributed by atoms with Crippen LogP contribution in [-0.4, -0.2) is 4.57 Å². The average Bonchev–Trinajstić information content (AvgIpc) is 2.50. The van der Waals surface area contributed by atoms with Crippen LogP contribution >= 0.6 is 15.9 Å². The number of benzene rings is 1. The van der Waals surface area contributed by atoms with Gasteiger partial charge in [-0.15, -0.1) is 0 Å². The van der Waals surface area contributed by atoms with E-state index in [0.29, 0.717) is 0 Å². The topological polar surface area (TPSA) is 30.9 Å². The van der Waals surface area contributed by atoms with E-state index in [-0.39, 0.29) is 5.54 Å². The molecule has 16 heavy (non-hydrogen) atoms. The molecule has 1 heterocycles. The largest absolute Gasteiger partial charge is 0.345 e. The fraction of sp³-hybridized carbons (Fsp3) is 0.385. The van der Waals surface area contributed by atoms with Crippen LogP contribution in [0.25, 0.3) is 10.9 Å². The molecule has 0 saturated heterocycles. The van der Waals surface area contributed by atoms with Crippen molar-refractivity contribution in [2.24, 2.45) is 12.8 Å². The lowest BCUT2D eigenvalue weighted by Gasteiger charge is -2.39. The van der Waals surface area contributed by atoms with E-state index in [1.54, 1.807) is 0 Å². The zero-order valence-corrected chi connectivity index (χ0v) is 10.9. The average molecular weight is 279 g/mol. The van der Waals surface area contributed by atoms with E-state index in [1.807, 2.05) is 0 Å². The zero-order valence-electron chi connectivity index (χ0n) is 9.33. The van der Waals surface area contributed by atoms with Gasteiger partial charge in [0.05, 0.1) is 11.2 Å². The van der Waals surface area contributed by atoms with E-state index < -0.39 is 0 Å². The molecule has 3 rings (SSSR count). The molecule has 0 amide bonds. The Labute approximate surface area is 104 Å². The van der Waals surface area contributed by atoms with E-state index in [2.05, 4.69) is 51.8 Å². The molecule has 1 aromatic heterocycles. The lowest BCUT2D eigenvalue weighted by atomic mass is 9.75. The Morgan fingerprint density at radius 2 is 2.00 bits per heavy atom. The van der Waals surface area contributed by atoms with Crippen LogP contribution in [0.1, 0.15) is 25.0 Å². The smallest absolute Gasteiger partial charge is 0.0575 e. The predicted octanol–water partition coefficient (Wildman–Crippen LogP) is 3.28. The van der Waals surface area contributed by atoms with Gasteiger partial charge in [-0.2, -0.15) is 0 Å². The Bertz CT molecular complexity index is 513. The van der Waals surface area contributed by atoms with Crippen LogP contribution in [0.3, 0.4) is 0 Å². The van der Waals surface area contributed by atoms with Crippen molar-refractivity contribution in [3.63, 3.8) is 0 Å². The first-order valence-corrected chi connectivity index (χ1v) is 6.45. The molecule has 1 aliphatic carbocycles. The van der Waals surface area contributed by atoms with Gasteiger partial charge in [-0.1, -0.05) is 18.2 Å². The maximum absolute atomic E-state index is 6.44. The minimum absolute atomic E-state index is 0.118. The number of halogens is 1. The first-order valence-electron chi connectivity index (χ1n) is 5.66. The van der Waals surface area contributed by atoms with E-state index in [9.17, 15) is 0 Å². The predicted molar refractivity (Wildman–Crippen MR) is 70.3 cm³/mol. The Balaban J connectivity index is 2.32. The summed E-state index contributed by atoms with van der Waals surface area (Å²) in [4.78, 5) is 0. The number of aryl methyl sites for hydroxylation is 1. The van der Waals surface area contributed by atoms with Gasteiger partial charge < -0.3 is 10.3 Å². The summed E-state index contributed by atoms with van der Waals surface area (Å²) in [6.07, 6.45) is 3.43. The third-order valence-electron chi connectivity index (χ3n) is 3.76. The molecule has 1 aliphatic rings. The molecule has 0 unspecified atom stereocenters. The molecule has 1 fully saturated rings. The van der Waals surface area contributed by atoms with Crippen LogP contribution in [0.15, 0.2) is 28.7 Å². The van der Waals surface area contributed by atoms with Crippen molar-refractivity contribution in [2.75, 3.05) is 0 Å². The summed E-state index contributed by atoms with van der Waals surface area (Å²) in [6.45, 7) is 0. The van der Waals surface area contributed by atoms with Crippen molar-refractivity contribution in [2.45, 2.75) is 24.8 Å². The maximum atomic E-state index is 6.44. The lowest BCUT2D eigenvalue weighted by molar-refractivity contribution is 0.240. The molecule has 2 aromatic rings. The maximum Gasteiger partial charge on any atom is 0.0575 e. The highest BCUT2D eigenvalue weighted by Gasteiger charge is 2.38. The second kappa shape index (κ2) is 3.34. The minimum atomic E-state index is -0.118. The first-order chi connectivity index (χ1) is 7.63. The summed E-state index contributed by atoms with van der Waals surface area (Å²) in [5, 5.41) is 1.26. The van der Waals surface area contributed by atoms with Gasteiger partial charge in [-0.05, 0) is 41.3 Å². The number of para-hydroxylation sites is 1. The molecular formula is C13H15BrN2. The third kappa shape index (κ3) is 1.22. The van der Waals surface area contributed by atoms with Crippen LogP contribution in [0.4, 0.5) is 0 Å². The van der Waals surface area contributed by atoms with Gasteiger partial charge in [0.2, 0.25) is 0 Å². The molecule has 0 bridgehead atoms. The normalized spacial score (nSPS) is 18.7. The fourth-order valence-corrected chi connectivity index (χ4v) is 3.69. The van der Waals surface area contributed by atoms with Gasteiger partial charge in [0.15, 0.2) is 0 Å². The van der Waals surface area contributed by atoms with Gasteiger partial charge in [0.25, 0.3) is 0 Å². The van der Waals surface area contributed by atoms with Crippen molar-refractivity contribution >= 4 is 26.8 Å². The molecule has 0 radical (unpaired) electrons. The second-order valence-electron chi connectivity index (χ2n) is 4.75. The van der Waals surface area contributed by atoms with Crippen LogP contribution in [0.2, 0.25) is 0 Å².